The van der Waals surface area contributed by atoms with Crippen molar-refractivity contribution in [2.45, 2.75) is 88.2 Å². The molecule has 5 amide bonds. The summed E-state index contributed by atoms with van der Waals surface area (Å²) in [4.78, 5) is 74.0. The summed E-state index contributed by atoms with van der Waals surface area (Å²) < 4.78 is 0. The number of nitrogens with zero attached hydrogens (tertiary/aromatic N) is 1. The summed E-state index contributed by atoms with van der Waals surface area (Å²) in [6.07, 6.45) is 1.83. The van der Waals surface area contributed by atoms with Gasteiger partial charge >= 0.3 is 0 Å². The van der Waals surface area contributed by atoms with Crippen molar-refractivity contribution >= 4 is 53.1 Å². The molecule has 0 saturated heterocycles. The Labute approximate surface area is 355 Å². The number of imidazole rings is 1. The SMILES string of the molecule is CC(C)C[C@H](NC(=O)C[C@H](O)[C@H](CSCc1ccccc1)NC(=O)[C@H](Cc1cnc[nH]1)NC(=O)[C@@H](C)CSCc1ccccc1)C(=O)N[C@@H](Cc1ccccc1)C(N)=O. The highest BCUT2D eigenvalue weighted by atomic mass is 32.2. The van der Waals surface area contributed by atoms with E-state index in [0.29, 0.717) is 17.2 Å². The average Bonchev–Trinajstić information content (AvgIpc) is 3.73. The first kappa shape index (κ1) is 46.6. The number of nitrogens with one attached hydrogen (secondary N) is 5. The molecule has 0 unspecified atom stereocenters. The zero-order valence-corrected chi connectivity index (χ0v) is 35.5. The first-order chi connectivity index (χ1) is 28.4. The molecule has 0 fully saturated rings. The Kier molecular flexibility index (Phi) is 19.5. The first-order valence-electron chi connectivity index (χ1n) is 19.8. The van der Waals surface area contributed by atoms with Gasteiger partial charge in [-0.05, 0) is 29.0 Å². The van der Waals surface area contributed by atoms with Crippen LogP contribution in [0, 0.1) is 11.8 Å². The minimum Gasteiger partial charge on any atom is -0.390 e. The van der Waals surface area contributed by atoms with Crippen LogP contribution in [0.5, 0.6) is 0 Å². The molecule has 316 valence electrons. The van der Waals surface area contributed by atoms with Crippen molar-refractivity contribution in [2.75, 3.05) is 11.5 Å². The van der Waals surface area contributed by atoms with Gasteiger partial charge in [0.25, 0.3) is 0 Å². The highest BCUT2D eigenvalue weighted by Gasteiger charge is 2.32. The lowest BCUT2D eigenvalue weighted by Gasteiger charge is -2.28. The Morgan fingerprint density at radius 1 is 0.678 bits per heavy atom. The molecule has 8 N–H and O–H groups in total. The number of rotatable bonds is 25. The van der Waals surface area contributed by atoms with E-state index < -0.39 is 66.2 Å². The zero-order valence-electron chi connectivity index (χ0n) is 33.8. The maximum Gasteiger partial charge on any atom is 0.243 e. The lowest BCUT2D eigenvalue weighted by molar-refractivity contribution is -0.133. The van der Waals surface area contributed by atoms with Gasteiger partial charge in [0.15, 0.2) is 0 Å². The summed E-state index contributed by atoms with van der Waals surface area (Å²) in [6.45, 7) is 5.61. The van der Waals surface area contributed by atoms with Gasteiger partial charge in [-0.25, -0.2) is 4.98 Å². The van der Waals surface area contributed by atoms with Gasteiger partial charge in [-0.15, -0.1) is 0 Å². The minimum atomic E-state index is -1.36. The third-order valence-corrected chi connectivity index (χ3v) is 11.8. The zero-order chi connectivity index (χ0) is 42.6. The molecule has 13 nitrogen and oxygen atoms in total. The summed E-state index contributed by atoms with van der Waals surface area (Å²) >= 11 is 3.10. The van der Waals surface area contributed by atoms with E-state index in [4.69, 9.17) is 5.73 Å². The number of aromatic nitrogens is 2. The predicted octanol–water partition coefficient (Wildman–Crippen LogP) is 3.92. The van der Waals surface area contributed by atoms with E-state index in [1.54, 1.807) is 18.0 Å². The van der Waals surface area contributed by atoms with E-state index in [-0.39, 0.29) is 36.8 Å². The maximum absolute atomic E-state index is 14.1. The van der Waals surface area contributed by atoms with Gasteiger partial charge in [0.05, 0.1) is 24.9 Å². The molecule has 4 aromatic rings. The smallest absolute Gasteiger partial charge is 0.243 e. The Morgan fingerprint density at radius 2 is 1.22 bits per heavy atom. The van der Waals surface area contributed by atoms with E-state index in [9.17, 15) is 29.1 Å². The van der Waals surface area contributed by atoms with Crippen LogP contribution in [0.4, 0.5) is 0 Å². The van der Waals surface area contributed by atoms with Gasteiger partial charge < -0.3 is 37.1 Å². The van der Waals surface area contributed by atoms with Crippen LogP contribution in [0.15, 0.2) is 104 Å². The number of primary amides is 1. The topological polar surface area (TPSA) is 208 Å². The van der Waals surface area contributed by atoms with Crippen LogP contribution >= 0.6 is 23.5 Å². The van der Waals surface area contributed by atoms with Crippen LogP contribution in [-0.2, 0) is 48.3 Å². The molecule has 0 spiro atoms. The molecular weight excluding hydrogens is 787 g/mol. The first-order valence-corrected chi connectivity index (χ1v) is 22.1. The van der Waals surface area contributed by atoms with Crippen LogP contribution in [0.2, 0.25) is 0 Å². The Morgan fingerprint density at radius 3 is 1.76 bits per heavy atom. The molecule has 6 atom stereocenters. The van der Waals surface area contributed by atoms with Crippen molar-refractivity contribution in [3.63, 3.8) is 0 Å². The third-order valence-electron chi connectivity index (χ3n) is 9.44. The average molecular weight is 844 g/mol. The van der Waals surface area contributed by atoms with Crippen molar-refractivity contribution in [1.29, 1.82) is 0 Å². The van der Waals surface area contributed by atoms with Crippen molar-refractivity contribution in [1.82, 2.24) is 31.2 Å². The number of H-pyrrole nitrogens is 1. The van der Waals surface area contributed by atoms with Gasteiger partial charge in [0, 0.05) is 53.7 Å². The van der Waals surface area contributed by atoms with Crippen LogP contribution in [-0.4, -0.2) is 86.4 Å². The highest BCUT2D eigenvalue weighted by molar-refractivity contribution is 7.98. The second kappa shape index (κ2) is 24.7. The van der Waals surface area contributed by atoms with E-state index in [1.165, 1.54) is 18.1 Å². The Bertz CT molecular complexity index is 1890. The van der Waals surface area contributed by atoms with E-state index >= 15 is 0 Å². The van der Waals surface area contributed by atoms with Gasteiger partial charge in [-0.1, -0.05) is 112 Å². The van der Waals surface area contributed by atoms with Crippen molar-refractivity contribution in [3.05, 3.63) is 126 Å². The van der Waals surface area contributed by atoms with Crippen LogP contribution in [0.25, 0.3) is 0 Å². The number of thioether (sulfide) groups is 2. The van der Waals surface area contributed by atoms with Crippen molar-refractivity contribution in [2.24, 2.45) is 17.6 Å². The second-order valence-electron chi connectivity index (χ2n) is 15.0. The number of carbonyl (C=O) groups excluding carboxylic acids is 5. The number of hydrogen-bond acceptors (Lipinski definition) is 9. The number of amides is 5. The van der Waals surface area contributed by atoms with Gasteiger partial charge in [0.2, 0.25) is 29.5 Å². The van der Waals surface area contributed by atoms with Crippen LogP contribution in [0.3, 0.4) is 0 Å². The second-order valence-corrected chi connectivity index (χ2v) is 17.1. The standard InChI is InChI=1S/C44H57N7O6S2/c1-29(2)19-36(43(56)49-35(41(45)54)20-31-13-7-4-8-14-31)48-40(53)22-39(52)38(27-59-26-33-17-11-6-12-18-33)51-44(57)37(21-34-23-46-28-47-34)50-42(55)30(3)24-58-25-32-15-9-5-10-16-32/h4-18,23,28-30,35-39,52H,19-22,24-27H2,1-3H3,(H2,45,54)(H,46,47)(H,48,53)(H,49,56)(H,50,55)(H,51,57)/t30-,35-,36-,37-,38-,39-/m0/s1. The minimum absolute atomic E-state index is 0.00858. The molecule has 1 aromatic heterocycles. The molecule has 0 radical (unpaired) electrons. The fraction of sp³-hybridized carbons (Fsp3) is 0.409. The van der Waals surface area contributed by atoms with Gasteiger partial charge in [0.1, 0.15) is 18.1 Å². The molecule has 4 rings (SSSR count). The number of benzene rings is 3. The maximum atomic E-state index is 14.1. The molecule has 0 aliphatic heterocycles. The van der Waals surface area contributed by atoms with E-state index in [0.717, 1.165) is 22.4 Å². The largest absolute Gasteiger partial charge is 0.390 e. The Hall–Kier alpha value is -5.12. The van der Waals surface area contributed by atoms with Crippen molar-refractivity contribution in [3.8, 4) is 0 Å². The predicted molar refractivity (Wildman–Crippen MR) is 234 cm³/mol. The van der Waals surface area contributed by atoms with Gasteiger partial charge in [-0.2, -0.15) is 23.5 Å². The lowest BCUT2D eigenvalue weighted by atomic mass is 10.0. The fourth-order valence-corrected chi connectivity index (χ4v) is 8.34. The number of aromatic amines is 1. The quantitative estimate of drug-likeness (QED) is 0.0516. The number of hydrogen-bond donors (Lipinski definition) is 7. The molecule has 0 saturated carbocycles. The number of aliphatic hydroxyl groups is 1. The highest BCUT2D eigenvalue weighted by Crippen LogP contribution is 2.18. The van der Waals surface area contributed by atoms with E-state index in [1.807, 2.05) is 112 Å². The molecule has 59 heavy (non-hydrogen) atoms. The monoisotopic (exact) mass is 843 g/mol. The molecule has 15 heteroatoms. The summed E-state index contributed by atoms with van der Waals surface area (Å²) in [7, 11) is 0. The molecule has 0 aliphatic carbocycles. The normalized spacial score (nSPS) is 14.3. The number of nitrogens with two attached hydrogens (primary N) is 1. The fourth-order valence-electron chi connectivity index (χ4n) is 6.19. The van der Waals surface area contributed by atoms with E-state index in [2.05, 4.69) is 31.2 Å². The van der Waals surface area contributed by atoms with Crippen molar-refractivity contribution < 1.29 is 29.1 Å². The summed E-state index contributed by atoms with van der Waals surface area (Å²) in [5, 5.41) is 22.9. The summed E-state index contributed by atoms with van der Waals surface area (Å²) in [5.74, 6) is -1.04. The summed E-state index contributed by atoms with van der Waals surface area (Å²) in [5.41, 5.74) is 9.28. The number of aliphatic hydroxyl groups excluding tert-OH is 1. The van der Waals surface area contributed by atoms with Crippen LogP contribution < -0.4 is 27.0 Å². The number of carbonyl (C=O) groups is 5. The molecule has 0 bridgehead atoms. The molecule has 0 aliphatic rings. The van der Waals surface area contributed by atoms with Crippen LogP contribution in [0.1, 0.15) is 56.0 Å². The molecule has 1 heterocycles. The lowest BCUT2D eigenvalue weighted by Crippen LogP contribution is -2.56. The Balaban J connectivity index is 1.44. The van der Waals surface area contributed by atoms with Gasteiger partial charge in [-0.3, -0.25) is 24.0 Å². The molecular formula is C44H57N7O6S2. The molecule has 3 aromatic carbocycles. The third kappa shape index (κ3) is 16.9. The summed E-state index contributed by atoms with van der Waals surface area (Å²) in [6, 6.07) is 24.9.